The molecule has 6 heteroatoms. The van der Waals surface area contributed by atoms with Crippen molar-refractivity contribution >= 4 is 22.4 Å². The van der Waals surface area contributed by atoms with Gasteiger partial charge in [0.25, 0.3) is 0 Å². The Balaban J connectivity index is 1.92. The maximum atomic E-state index is 9.17. The minimum absolute atomic E-state index is 0.241. The zero-order valence-electron chi connectivity index (χ0n) is 14.3. The summed E-state index contributed by atoms with van der Waals surface area (Å²) in [5.41, 5.74) is 0.404. The van der Waals surface area contributed by atoms with Crippen LogP contribution in [0.15, 0.2) is 18.3 Å². The van der Waals surface area contributed by atoms with E-state index in [0.29, 0.717) is 11.7 Å². The second-order valence-corrected chi connectivity index (χ2v) is 6.60. The summed E-state index contributed by atoms with van der Waals surface area (Å²) < 4.78 is 0. The number of hydrogen-bond donors (Lipinski definition) is 3. The van der Waals surface area contributed by atoms with E-state index in [1.54, 1.807) is 6.07 Å². The maximum absolute atomic E-state index is 9.17. The van der Waals surface area contributed by atoms with Crippen LogP contribution in [0.5, 0.6) is 0 Å². The number of nitriles is 1. The Morgan fingerprint density at radius 2 is 2.21 bits per heavy atom. The van der Waals surface area contributed by atoms with Crippen LogP contribution < -0.4 is 16.0 Å². The summed E-state index contributed by atoms with van der Waals surface area (Å²) in [6.07, 6.45) is 5.42. The molecule has 1 fully saturated rings. The fourth-order valence-corrected chi connectivity index (χ4v) is 3.02. The van der Waals surface area contributed by atoms with Gasteiger partial charge < -0.3 is 16.0 Å². The first-order valence-electron chi connectivity index (χ1n) is 8.60. The molecule has 1 atom stereocenters. The van der Waals surface area contributed by atoms with Crippen LogP contribution in [0.25, 0.3) is 10.8 Å². The van der Waals surface area contributed by atoms with Crippen molar-refractivity contribution in [2.24, 2.45) is 0 Å². The Morgan fingerprint density at radius 3 is 3.00 bits per heavy atom. The number of rotatable bonds is 4. The van der Waals surface area contributed by atoms with E-state index in [-0.39, 0.29) is 6.04 Å². The number of nitrogens with zero attached hydrogens (tertiary/aromatic N) is 3. The zero-order chi connectivity index (χ0) is 16.9. The molecular formula is C18H24N6. The van der Waals surface area contributed by atoms with Gasteiger partial charge in [0, 0.05) is 35.6 Å². The molecule has 1 saturated heterocycles. The van der Waals surface area contributed by atoms with Crippen molar-refractivity contribution in [2.45, 2.75) is 45.2 Å². The second-order valence-electron chi connectivity index (χ2n) is 6.60. The van der Waals surface area contributed by atoms with E-state index in [0.717, 1.165) is 41.9 Å². The third-order valence-electron chi connectivity index (χ3n) is 4.15. The molecule has 0 amide bonds. The van der Waals surface area contributed by atoms with Crippen molar-refractivity contribution in [3.05, 3.63) is 24.0 Å². The van der Waals surface area contributed by atoms with Gasteiger partial charge in [-0.1, -0.05) is 6.42 Å². The van der Waals surface area contributed by atoms with Gasteiger partial charge in [0.05, 0.1) is 0 Å². The highest BCUT2D eigenvalue weighted by atomic mass is 15.1. The minimum Gasteiger partial charge on any atom is -0.367 e. The highest BCUT2D eigenvalue weighted by molar-refractivity contribution is 5.93. The van der Waals surface area contributed by atoms with Gasteiger partial charge in [-0.25, -0.2) is 9.97 Å². The van der Waals surface area contributed by atoms with E-state index in [9.17, 15) is 5.26 Å². The predicted octanol–water partition coefficient (Wildman–Crippen LogP) is 2.88. The zero-order valence-corrected chi connectivity index (χ0v) is 14.3. The molecule has 0 bridgehead atoms. The lowest BCUT2D eigenvalue weighted by Crippen LogP contribution is -2.31. The highest BCUT2D eigenvalue weighted by Crippen LogP contribution is 2.25. The molecule has 0 saturated carbocycles. The fourth-order valence-electron chi connectivity index (χ4n) is 3.02. The van der Waals surface area contributed by atoms with E-state index in [1.807, 2.05) is 12.3 Å². The van der Waals surface area contributed by atoms with Crippen LogP contribution in [0.1, 0.15) is 38.8 Å². The number of anilines is 2. The van der Waals surface area contributed by atoms with E-state index >= 15 is 0 Å². The molecule has 3 N–H and O–H groups in total. The maximum Gasteiger partial charge on any atom is 0.143 e. The van der Waals surface area contributed by atoms with E-state index in [2.05, 4.69) is 45.8 Å². The average Bonchev–Trinajstić information content (AvgIpc) is 2.83. The van der Waals surface area contributed by atoms with Gasteiger partial charge in [-0.15, -0.1) is 0 Å². The van der Waals surface area contributed by atoms with Crippen molar-refractivity contribution in [3.8, 4) is 6.07 Å². The van der Waals surface area contributed by atoms with Gasteiger partial charge >= 0.3 is 0 Å². The molecule has 1 unspecified atom stereocenters. The Morgan fingerprint density at radius 1 is 1.33 bits per heavy atom. The Kier molecular flexibility index (Phi) is 5.11. The van der Waals surface area contributed by atoms with Crippen LogP contribution in [0, 0.1) is 11.3 Å². The van der Waals surface area contributed by atoms with Crippen LogP contribution in [0.3, 0.4) is 0 Å². The normalized spacial score (nSPS) is 18.2. The van der Waals surface area contributed by atoms with Crippen molar-refractivity contribution < 1.29 is 0 Å². The molecule has 0 aromatic carbocycles. The third kappa shape index (κ3) is 3.92. The summed E-state index contributed by atoms with van der Waals surface area (Å²) in [4.78, 5) is 8.95. The molecule has 6 nitrogen and oxygen atoms in total. The largest absolute Gasteiger partial charge is 0.367 e. The van der Waals surface area contributed by atoms with Crippen molar-refractivity contribution in [1.29, 1.82) is 5.26 Å². The SMILES string of the molecule is CC(C)Nc1nc(C#N)cc2cnc(NC3CCCCNC3)cc12. The van der Waals surface area contributed by atoms with Gasteiger partial charge in [-0.05, 0) is 45.4 Å². The number of aromatic nitrogens is 2. The lowest BCUT2D eigenvalue weighted by molar-refractivity contribution is 0.634. The highest BCUT2D eigenvalue weighted by Gasteiger charge is 2.14. The average molecular weight is 324 g/mol. The molecule has 0 spiro atoms. The molecule has 2 aromatic rings. The Hall–Kier alpha value is -2.39. The molecule has 3 heterocycles. The van der Waals surface area contributed by atoms with Gasteiger partial charge in [0.2, 0.25) is 0 Å². The molecule has 2 aromatic heterocycles. The minimum atomic E-state index is 0.241. The molecular weight excluding hydrogens is 300 g/mol. The first kappa shape index (κ1) is 16.5. The van der Waals surface area contributed by atoms with E-state index < -0.39 is 0 Å². The van der Waals surface area contributed by atoms with E-state index in [1.165, 1.54) is 12.8 Å². The Bertz CT molecular complexity index is 741. The monoisotopic (exact) mass is 324 g/mol. The van der Waals surface area contributed by atoms with Gasteiger partial charge in [-0.2, -0.15) is 5.26 Å². The van der Waals surface area contributed by atoms with Crippen molar-refractivity contribution in [3.63, 3.8) is 0 Å². The Labute approximate surface area is 142 Å². The first-order valence-corrected chi connectivity index (χ1v) is 8.60. The van der Waals surface area contributed by atoms with Crippen LogP contribution in [0.4, 0.5) is 11.6 Å². The van der Waals surface area contributed by atoms with Crippen molar-refractivity contribution in [1.82, 2.24) is 15.3 Å². The molecule has 1 aliphatic rings. The lowest BCUT2D eigenvalue weighted by Gasteiger charge is -2.18. The van der Waals surface area contributed by atoms with Gasteiger partial charge in [0.1, 0.15) is 23.4 Å². The van der Waals surface area contributed by atoms with Crippen molar-refractivity contribution in [2.75, 3.05) is 23.7 Å². The number of fused-ring (bicyclic) bond motifs is 1. The standard InChI is InChI=1S/C18H24N6/c1-12(2)22-18-16-8-17(23-14-5-3-4-6-20-11-14)21-10-13(16)7-15(9-19)24-18/h7-8,10,12,14,20H,3-6,11H2,1-2H3,(H,21,23)(H,22,24). The smallest absolute Gasteiger partial charge is 0.143 e. The van der Waals surface area contributed by atoms with Crippen LogP contribution in [0.2, 0.25) is 0 Å². The summed E-state index contributed by atoms with van der Waals surface area (Å²) in [5.74, 6) is 1.60. The summed E-state index contributed by atoms with van der Waals surface area (Å²) in [7, 11) is 0. The summed E-state index contributed by atoms with van der Waals surface area (Å²) in [5, 5.41) is 21.4. The number of nitrogens with one attached hydrogen (secondary N) is 3. The second kappa shape index (κ2) is 7.45. The molecule has 3 rings (SSSR count). The summed E-state index contributed by atoms with van der Waals surface area (Å²) in [6, 6.07) is 6.56. The molecule has 1 aliphatic heterocycles. The van der Waals surface area contributed by atoms with Gasteiger partial charge in [0.15, 0.2) is 0 Å². The number of pyridine rings is 2. The molecule has 0 aliphatic carbocycles. The topological polar surface area (TPSA) is 85.7 Å². The van der Waals surface area contributed by atoms with Crippen LogP contribution in [-0.4, -0.2) is 35.1 Å². The quantitative estimate of drug-likeness (QED) is 0.802. The van der Waals surface area contributed by atoms with Crippen LogP contribution >= 0.6 is 0 Å². The fraction of sp³-hybridized carbons (Fsp3) is 0.500. The predicted molar refractivity (Wildman–Crippen MR) is 97.1 cm³/mol. The third-order valence-corrected chi connectivity index (χ3v) is 4.15. The first-order chi connectivity index (χ1) is 11.7. The lowest BCUT2D eigenvalue weighted by atomic mass is 10.1. The van der Waals surface area contributed by atoms with Gasteiger partial charge in [-0.3, -0.25) is 0 Å². The van der Waals surface area contributed by atoms with E-state index in [4.69, 9.17) is 0 Å². The molecule has 0 radical (unpaired) electrons. The molecule has 126 valence electrons. The number of hydrogen-bond acceptors (Lipinski definition) is 6. The molecule has 24 heavy (non-hydrogen) atoms. The van der Waals surface area contributed by atoms with Crippen LogP contribution in [-0.2, 0) is 0 Å². The summed E-state index contributed by atoms with van der Waals surface area (Å²) in [6.45, 7) is 6.17. The summed E-state index contributed by atoms with van der Waals surface area (Å²) >= 11 is 0.